The summed E-state index contributed by atoms with van der Waals surface area (Å²) < 4.78 is 5.17. The minimum Gasteiger partial charge on any atom is -0.459 e. The van der Waals surface area contributed by atoms with Crippen molar-refractivity contribution in [2.45, 2.75) is 19.9 Å². The van der Waals surface area contributed by atoms with Crippen molar-refractivity contribution in [2.24, 2.45) is 0 Å². The van der Waals surface area contributed by atoms with Gasteiger partial charge < -0.3 is 19.5 Å². The fraction of sp³-hybridized carbons (Fsp3) is 0.389. The maximum absolute atomic E-state index is 12.3. The van der Waals surface area contributed by atoms with E-state index in [1.807, 2.05) is 19.9 Å². The molecule has 1 aliphatic rings. The largest absolute Gasteiger partial charge is 0.459 e. The number of amides is 3. The Hall–Kier alpha value is -3.03. The number of carbonyl (C=O) groups excluding carboxylic acids is 2. The van der Waals surface area contributed by atoms with E-state index >= 15 is 0 Å². The molecule has 0 spiro atoms. The molecule has 2 aromatic rings. The molecule has 0 aromatic carbocycles. The predicted octanol–water partition coefficient (Wildman–Crippen LogP) is 2.17. The molecule has 1 saturated heterocycles. The van der Waals surface area contributed by atoms with Crippen LogP contribution in [0.4, 0.5) is 16.3 Å². The second-order valence-electron chi connectivity index (χ2n) is 6.41. The van der Waals surface area contributed by atoms with Crippen molar-refractivity contribution in [3.8, 4) is 0 Å². The molecular weight excluding hydrogens is 334 g/mol. The summed E-state index contributed by atoms with van der Waals surface area (Å²) in [5.41, 5.74) is 0.963. The van der Waals surface area contributed by atoms with Gasteiger partial charge in [-0.2, -0.15) is 0 Å². The smallest absolute Gasteiger partial charge is 0.320 e. The van der Waals surface area contributed by atoms with Crippen molar-refractivity contribution in [3.63, 3.8) is 0 Å². The Morgan fingerprint density at radius 1 is 1.15 bits per heavy atom. The van der Waals surface area contributed by atoms with Crippen LogP contribution in [-0.4, -0.2) is 54.0 Å². The minimum absolute atomic E-state index is 0.0643. The lowest BCUT2D eigenvalue weighted by Gasteiger charge is -2.35. The lowest BCUT2D eigenvalue weighted by molar-refractivity contribution is 0.0714. The van der Waals surface area contributed by atoms with Crippen LogP contribution in [0.2, 0.25) is 0 Å². The fourth-order valence-electron chi connectivity index (χ4n) is 2.79. The molecule has 0 aliphatic carbocycles. The summed E-state index contributed by atoms with van der Waals surface area (Å²) in [4.78, 5) is 32.2. The molecule has 1 aliphatic heterocycles. The molecule has 3 amide bonds. The second kappa shape index (κ2) is 7.90. The van der Waals surface area contributed by atoms with Gasteiger partial charge in [-0.3, -0.25) is 10.1 Å². The monoisotopic (exact) mass is 357 g/mol. The van der Waals surface area contributed by atoms with E-state index in [4.69, 9.17) is 4.42 Å². The van der Waals surface area contributed by atoms with E-state index in [0.717, 1.165) is 18.8 Å². The number of nitrogens with zero attached hydrogens (tertiary/aromatic N) is 3. The Balaban J connectivity index is 1.53. The van der Waals surface area contributed by atoms with Crippen molar-refractivity contribution in [3.05, 3.63) is 42.5 Å². The van der Waals surface area contributed by atoms with Crippen molar-refractivity contribution in [1.29, 1.82) is 0 Å². The predicted molar refractivity (Wildman–Crippen MR) is 98.4 cm³/mol. The third-order valence-corrected chi connectivity index (χ3v) is 4.07. The van der Waals surface area contributed by atoms with Gasteiger partial charge in [0.1, 0.15) is 5.82 Å². The molecular formula is C18H23N5O3. The summed E-state index contributed by atoms with van der Waals surface area (Å²) >= 11 is 0. The van der Waals surface area contributed by atoms with E-state index in [9.17, 15) is 9.59 Å². The zero-order chi connectivity index (χ0) is 18.5. The molecule has 2 aromatic heterocycles. The topological polar surface area (TPSA) is 90.7 Å². The minimum atomic E-state index is -0.273. The number of nitrogens with one attached hydrogen (secondary N) is 2. The summed E-state index contributed by atoms with van der Waals surface area (Å²) in [6, 6.07) is 6.88. The van der Waals surface area contributed by atoms with Crippen molar-refractivity contribution in [1.82, 2.24) is 15.2 Å². The molecule has 8 heteroatoms. The first-order valence-electron chi connectivity index (χ1n) is 8.64. The molecule has 138 valence electrons. The van der Waals surface area contributed by atoms with Crippen LogP contribution in [0, 0.1) is 0 Å². The number of furan rings is 1. The normalized spacial score (nSPS) is 14.4. The van der Waals surface area contributed by atoms with Crippen LogP contribution < -0.4 is 15.5 Å². The molecule has 8 nitrogen and oxygen atoms in total. The van der Waals surface area contributed by atoms with Gasteiger partial charge in [0.25, 0.3) is 5.91 Å². The van der Waals surface area contributed by atoms with Crippen molar-refractivity contribution < 1.29 is 14.0 Å². The number of piperazine rings is 1. The first-order valence-corrected chi connectivity index (χ1v) is 8.64. The number of aromatic nitrogens is 1. The molecule has 0 saturated carbocycles. The van der Waals surface area contributed by atoms with Crippen LogP contribution in [-0.2, 0) is 0 Å². The average Bonchev–Trinajstić information content (AvgIpc) is 3.16. The molecule has 0 unspecified atom stereocenters. The number of urea groups is 1. The second-order valence-corrected chi connectivity index (χ2v) is 6.41. The highest BCUT2D eigenvalue weighted by Crippen LogP contribution is 2.18. The van der Waals surface area contributed by atoms with E-state index in [2.05, 4.69) is 20.5 Å². The highest BCUT2D eigenvalue weighted by Gasteiger charge is 2.23. The van der Waals surface area contributed by atoms with E-state index in [1.54, 1.807) is 29.3 Å². The molecule has 3 rings (SSSR count). The number of hydrogen-bond acceptors (Lipinski definition) is 5. The number of rotatable bonds is 4. The molecule has 0 radical (unpaired) electrons. The van der Waals surface area contributed by atoms with Gasteiger partial charge in [0, 0.05) is 32.2 Å². The van der Waals surface area contributed by atoms with Crippen LogP contribution in [0.5, 0.6) is 0 Å². The first kappa shape index (κ1) is 17.8. The number of hydrogen-bond donors (Lipinski definition) is 2. The summed E-state index contributed by atoms with van der Waals surface area (Å²) in [6.45, 7) is 6.47. The summed E-state index contributed by atoms with van der Waals surface area (Å²) in [6.07, 6.45) is 3.24. The Labute approximate surface area is 152 Å². The molecule has 1 fully saturated rings. The Morgan fingerprint density at radius 3 is 2.50 bits per heavy atom. The van der Waals surface area contributed by atoms with Gasteiger partial charge in [-0.1, -0.05) is 0 Å². The van der Waals surface area contributed by atoms with Gasteiger partial charge in [-0.15, -0.1) is 0 Å². The van der Waals surface area contributed by atoms with E-state index < -0.39 is 0 Å². The van der Waals surface area contributed by atoms with Gasteiger partial charge >= 0.3 is 6.03 Å². The first-order chi connectivity index (χ1) is 12.5. The van der Waals surface area contributed by atoms with Crippen LogP contribution in [0.3, 0.4) is 0 Å². The fourth-order valence-corrected chi connectivity index (χ4v) is 2.79. The van der Waals surface area contributed by atoms with E-state index in [0.29, 0.717) is 24.7 Å². The quantitative estimate of drug-likeness (QED) is 0.875. The van der Waals surface area contributed by atoms with Crippen molar-refractivity contribution in [2.75, 3.05) is 36.4 Å². The van der Waals surface area contributed by atoms with Crippen LogP contribution in [0.15, 0.2) is 41.1 Å². The van der Waals surface area contributed by atoms with Gasteiger partial charge in [-0.25, -0.2) is 9.78 Å². The standard InChI is InChI=1S/C18H23N5O3/c1-13(2)20-18(25)21-16-6-5-14(12-19-16)22-7-9-23(10-8-22)17(24)15-4-3-11-26-15/h3-6,11-13H,7-10H2,1-2H3,(H2,19,20,21,25). The Morgan fingerprint density at radius 2 is 1.92 bits per heavy atom. The third kappa shape index (κ3) is 4.33. The number of anilines is 2. The number of carbonyl (C=O) groups is 2. The SMILES string of the molecule is CC(C)NC(=O)Nc1ccc(N2CCN(C(=O)c3ccco3)CC2)cn1. The Kier molecular flexibility index (Phi) is 5.40. The highest BCUT2D eigenvalue weighted by molar-refractivity contribution is 5.91. The summed E-state index contributed by atoms with van der Waals surface area (Å²) in [7, 11) is 0. The maximum Gasteiger partial charge on any atom is 0.320 e. The average molecular weight is 357 g/mol. The van der Waals surface area contributed by atoms with Crippen LogP contribution >= 0.6 is 0 Å². The van der Waals surface area contributed by atoms with E-state index in [1.165, 1.54) is 6.26 Å². The van der Waals surface area contributed by atoms with Crippen LogP contribution in [0.25, 0.3) is 0 Å². The van der Waals surface area contributed by atoms with Gasteiger partial charge in [0.05, 0.1) is 18.1 Å². The van der Waals surface area contributed by atoms with E-state index in [-0.39, 0.29) is 18.0 Å². The third-order valence-electron chi connectivity index (χ3n) is 4.07. The summed E-state index contributed by atoms with van der Waals surface area (Å²) in [5, 5.41) is 5.45. The van der Waals surface area contributed by atoms with Gasteiger partial charge in [0.15, 0.2) is 5.76 Å². The molecule has 0 bridgehead atoms. The zero-order valence-electron chi connectivity index (χ0n) is 14.9. The molecule has 0 atom stereocenters. The lowest BCUT2D eigenvalue weighted by atomic mass is 10.2. The highest BCUT2D eigenvalue weighted by atomic mass is 16.3. The van der Waals surface area contributed by atoms with Crippen molar-refractivity contribution >= 4 is 23.4 Å². The van der Waals surface area contributed by atoms with Gasteiger partial charge in [0.2, 0.25) is 0 Å². The maximum atomic E-state index is 12.3. The summed E-state index contributed by atoms with van der Waals surface area (Å²) in [5.74, 6) is 0.789. The molecule has 26 heavy (non-hydrogen) atoms. The van der Waals surface area contributed by atoms with Gasteiger partial charge in [-0.05, 0) is 38.1 Å². The molecule has 3 heterocycles. The Bertz CT molecular complexity index is 735. The molecule has 2 N–H and O–H groups in total. The zero-order valence-corrected chi connectivity index (χ0v) is 14.9. The lowest BCUT2D eigenvalue weighted by Crippen LogP contribution is -2.48. The number of pyridine rings is 1. The van der Waals surface area contributed by atoms with Crippen LogP contribution in [0.1, 0.15) is 24.4 Å².